The highest BCUT2D eigenvalue weighted by Crippen LogP contribution is 2.34. The second-order valence-corrected chi connectivity index (χ2v) is 4.16. The second kappa shape index (κ2) is 5.53. The van der Waals surface area contributed by atoms with Gasteiger partial charge in [-0.2, -0.15) is 0 Å². The monoisotopic (exact) mass is 226 g/mol. The quantitative estimate of drug-likeness (QED) is 0.471. The molecule has 0 radical (unpaired) electrons. The van der Waals surface area contributed by atoms with E-state index in [1.165, 1.54) is 0 Å². The van der Waals surface area contributed by atoms with Gasteiger partial charge in [-0.15, -0.1) is 6.58 Å². The topological polar surface area (TPSA) is 78.4 Å². The van der Waals surface area contributed by atoms with Crippen LogP contribution in [0.5, 0.6) is 0 Å². The first-order valence-electron chi connectivity index (χ1n) is 5.47. The molecule has 0 aromatic carbocycles. The van der Waals surface area contributed by atoms with Crippen molar-refractivity contribution in [3.63, 3.8) is 0 Å². The lowest BCUT2D eigenvalue weighted by Gasteiger charge is -2.41. The lowest BCUT2D eigenvalue weighted by Crippen LogP contribution is -2.57. The summed E-state index contributed by atoms with van der Waals surface area (Å²) in [5.74, 6) is -0.869. The minimum atomic E-state index is -0.869. The van der Waals surface area contributed by atoms with Gasteiger partial charge in [-0.25, -0.2) is 4.79 Å². The van der Waals surface area contributed by atoms with Crippen molar-refractivity contribution in [2.75, 3.05) is 6.54 Å². The zero-order valence-corrected chi connectivity index (χ0v) is 9.29. The Bertz CT molecular complexity index is 285. The van der Waals surface area contributed by atoms with Crippen LogP contribution in [0.25, 0.3) is 0 Å². The van der Waals surface area contributed by atoms with E-state index in [1.807, 2.05) is 0 Å². The van der Waals surface area contributed by atoms with Crippen molar-refractivity contribution in [2.45, 2.75) is 37.6 Å². The van der Waals surface area contributed by atoms with Crippen molar-refractivity contribution in [2.24, 2.45) is 0 Å². The lowest BCUT2D eigenvalue weighted by atomic mass is 9.74. The summed E-state index contributed by atoms with van der Waals surface area (Å²) in [5.41, 5.74) is -0.524. The molecule has 5 heteroatoms. The molecule has 0 aromatic rings. The van der Waals surface area contributed by atoms with Crippen molar-refractivity contribution < 1.29 is 14.7 Å². The van der Waals surface area contributed by atoms with Gasteiger partial charge in [0.15, 0.2) is 0 Å². The summed E-state index contributed by atoms with van der Waals surface area (Å²) >= 11 is 0. The first kappa shape index (κ1) is 12.5. The van der Waals surface area contributed by atoms with E-state index in [2.05, 4.69) is 17.2 Å². The van der Waals surface area contributed by atoms with Crippen LogP contribution in [0.4, 0.5) is 4.79 Å². The summed E-state index contributed by atoms with van der Waals surface area (Å²) in [7, 11) is 0. The van der Waals surface area contributed by atoms with Gasteiger partial charge in [0.25, 0.3) is 0 Å². The Morgan fingerprint density at radius 1 is 1.44 bits per heavy atom. The zero-order chi connectivity index (χ0) is 12.0. The third kappa shape index (κ3) is 3.56. The summed E-state index contributed by atoms with van der Waals surface area (Å²) in [6, 6.07) is -0.289. The molecular formula is C11H18N2O3. The van der Waals surface area contributed by atoms with Gasteiger partial charge in [0.2, 0.25) is 0 Å². The van der Waals surface area contributed by atoms with E-state index >= 15 is 0 Å². The summed E-state index contributed by atoms with van der Waals surface area (Å²) in [6.45, 7) is 4.08. The number of urea groups is 1. The normalized spacial score (nSPS) is 17.0. The number of hydrogen-bond acceptors (Lipinski definition) is 2. The molecule has 0 aliphatic heterocycles. The van der Waals surface area contributed by atoms with Crippen molar-refractivity contribution in [1.82, 2.24) is 10.6 Å². The van der Waals surface area contributed by atoms with Crippen LogP contribution in [0, 0.1) is 0 Å². The molecule has 0 spiro atoms. The molecule has 90 valence electrons. The Labute approximate surface area is 94.9 Å². The number of carbonyl (C=O) groups is 2. The number of hydrogen-bond donors (Lipinski definition) is 3. The third-order valence-electron chi connectivity index (χ3n) is 2.81. The second-order valence-electron chi connectivity index (χ2n) is 4.16. The van der Waals surface area contributed by atoms with Crippen molar-refractivity contribution in [3.05, 3.63) is 12.7 Å². The summed E-state index contributed by atoms with van der Waals surface area (Å²) < 4.78 is 0. The highest BCUT2D eigenvalue weighted by Gasteiger charge is 2.40. The third-order valence-corrected chi connectivity index (χ3v) is 2.81. The number of carboxylic acid groups (broad SMARTS) is 1. The minimum absolute atomic E-state index is 0.00186. The molecule has 1 rings (SSSR count). The average Bonchev–Trinajstić information content (AvgIpc) is 2.14. The summed E-state index contributed by atoms with van der Waals surface area (Å²) in [5, 5.41) is 14.2. The molecule has 1 fully saturated rings. The van der Waals surface area contributed by atoms with Crippen LogP contribution in [0.1, 0.15) is 32.1 Å². The van der Waals surface area contributed by atoms with Gasteiger partial charge < -0.3 is 15.7 Å². The van der Waals surface area contributed by atoms with E-state index in [0.29, 0.717) is 13.0 Å². The Balaban J connectivity index is 2.34. The molecule has 3 N–H and O–H groups in total. The SMILES string of the molecule is C=CCCNC(=O)NC1(CC(=O)O)CCC1. The van der Waals surface area contributed by atoms with Crippen LogP contribution in [-0.2, 0) is 4.79 Å². The molecule has 0 aromatic heterocycles. The highest BCUT2D eigenvalue weighted by molar-refractivity contribution is 5.77. The smallest absolute Gasteiger partial charge is 0.315 e. The first-order valence-corrected chi connectivity index (χ1v) is 5.47. The first-order chi connectivity index (χ1) is 7.58. The van der Waals surface area contributed by atoms with E-state index in [1.54, 1.807) is 6.08 Å². The number of rotatable bonds is 6. The predicted octanol–water partition coefficient (Wildman–Crippen LogP) is 1.26. The van der Waals surface area contributed by atoms with Crippen LogP contribution in [0.2, 0.25) is 0 Å². The van der Waals surface area contributed by atoms with E-state index in [4.69, 9.17) is 5.11 Å². The number of carbonyl (C=O) groups excluding carboxylic acids is 1. The van der Waals surface area contributed by atoms with Crippen LogP contribution in [0.15, 0.2) is 12.7 Å². The molecule has 16 heavy (non-hydrogen) atoms. The Hall–Kier alpha value is -1.52. The molecule has 0 saturated heterocycles. The molecular weight excluding hydrogens is 208 g/mol. The van der Waals surface area contributed by atoms with E-state index in [-0.39, 0.29) is 12.5 Å². The zero-order valence-electron chi connectivity index (χ0n) is 9.29. The Morgan fingerprint density at radius 2 is 2.12 bits per heavy atom. The fourth-order valence-electron chi connectivity index (χ4n) is 1.81. The fraction of sp³-hybridized carbons (Fsp3) is 0.636. The number of amides is 2. The van der Waals surface area contributed by atoms with Gasteiger partial charge in [-0.3, -0.25) is 4.79 Å². The number of carboxylic acids is 1. The van der Waals surface area contributed by atoms with E-state index in [0.717, 1.165) is 19.3 Å². The molecule has 1 saturated carbocycles. The number of nitrogens with one attached hydrogen (secondary N) is 2. The maximum atomic E-state index is 11.5. The van der Waals surface area contributed by atoms with Gasteiger partial charge in [0, 0.05) is 6.54 Å². The van der Waals surface area contributed by atoms with Gasteiger partial charge >= 0.3 is 12.0 Å². The van der Waals surface area contributed by atoms with Gasteiger partial charge in [0.05, 0.1) is 12.0 Å². The van der Waals surface area contributed by atoms with Crippen LogP contribution < -0.4 is 10.6 Å². The molecule has 0 heterocycles. The molecule has 1 aliphatic carbocycles. The highest BCUT2D eigenvalue weighted by atomic mass is 16.4. The van der Waals surface area contributed by atoms with Crippen LogP contribution in [-0.4, -0.2) is 29.2 Å². The number of aliphatic carboxylic acids is 1. The largest absolute Gasteiger partial charge is 0.481 e. The van der Waals surface area contributed by atoms with Crippen molar-refractivity contribution in [3.8, 4) is 0 Å². The Kier molecular flexibility index (Phi) is 4.34. The maximum Gasteiger partial charge on any atom is 0.315 e. The minimum Gasteiger partial charge on any atom is -0.481 e. The van der Waals surface area contributed by atoms with Crippen molar-refractivity contribution in [1.29, 1.82) is 0 Å². The van der Waals surface area contributed by atoms with E-state index in [9.17, 15) is 9.59 Å². The summed E-state index contributed by atoms with van der Waals surface area (Å²) in [6.07, 6.45) is 4.89. The average molecular weight is 226 g/mol. The van der Waals surface area contributed by atoms with Gasteiger partial charge in [0.1, 0.15) is 0 Å². The fourth-order valence-corrected chi connectivity index (χ4v) is 1.81. The van der Waals surface area contributed by atoms with Gasteiger partial charge in [-0.05, 0) is 25.7 Å². The standard InChI is InChI=1S/C11H18N2O3/c1-2-3-7-12-10(16)13-11(5-4-6-11)8-9(14)15/h2H,1,3-8H2,(H,14,15)(H2,12,13,16). The molecule has 0 atom stereocenters. The van der Waals surface area contributed by atoms with Crippen LogP contribution in [0.3, 0.4) is 0 Å². The molecule has 0 bridgehead atoms. The summed E-state index contributed by atoms with van der Waals surface area (Å²) in [4.78, 5) is 22.1. The van der Waals surface area contributed by atoms with E-state index < -0.39 is 11.5 Å². The lowest BCUT2D eigenvalue weighted by molar-refractivity contribution is -0.139. The molecule has 1 aliphatic rings. The molecule has 5 nitrogen and oxygen atoms in total. The van der Waals surface area contributed by atoms with Crippen molar-refractivity contribution >= 4 is 12.0 Å². The maximum absolute atomic E-state index is 11.5. The Morgan fingerprint density at radius 3 is 2.56 bits per heavy atom. The molecule has 2 amide bonds. The predicted molar refractivity (Wildman–Crippen MR) is 60.2 cm³/mol. The van der Waals surface area contributed by atoms with Crippen LogP contribution >= 0.6 is 0 Å². The van der Waals surface area contributed by atoms with Gasteiger partial charge in [-0.1, -0.05) is 6.08 Å². The molecule has 0 unspecified atom stereocenters.